The van der Waals surface area contributed by atoms with E-state index in [9.17, 15) is 9.18 Å². The molecule has 0 radical (unpaired) electrons. The monoisotopic (exact) mass is 289 g/mol. The molecule has 1 aromatic carbocycles. The van der Waals surface area contributed by atoms with Gasteiger partial charge in [-0.15, -0.1) is 0 Å². The average Bonchev–Trinajstić information content (AvgIpc) is 2.39. The highest BCUT2D eigenvalue weighted by molar-refractivity contribution is 7.80. The van der Waals surface area contributed by atoms with E-state index in [4.69, 9.17) is 18.0 Å². The van der Waals surface area contributed by atoms with Crippen LogP contribution >= 0.6 is 12.2 Å². The standard InChI is InChI=1S/C14H12FN3OS/c1-8-3-2-4-10(12(8)13(16)20)18-14(19)11-6-5-9(15)7-17-11/h2-7H,1H3,(H2,16,20)(H,18,19). The van der Waals surface area contributed by atoms with E-state index < -0.39 is 11.7 Å². The molecule has 0 bridgehead atoms. The van der Waals surface area contributed by atoms with Crippen LogP contribution in [0.2, 0.25) is 0 Å². The molecule has 20 heavy (non-hydrogen) atoms. The van der Waals surface area contributed by atoms with Crippen LogP contribution < -0.4 is 11.1 Å². The highest BCUT2D eigenvalue weighted by Crippen LogP contribution is 2.20. The number of aromatic nitrogens is 1. The molecule has 1 amide bonds. The lowest BCUT2D eigenvalue weighted by atomic mass is 10.1. The lowest BCUT2D eigenvalue weighted by Gasteiger charge is -2.12. The number of carbonyl (C=O) groups is 1. The maximum Gasteiger partial charge on any atom is 0.274 e. The topological polar surface area (TPSA) is 68.0 Å². The molecule has 2 aromatic rings. The van der Waals surface area contributed by atoms with E-state index in [1.165, 1.54) is 12.1 Å². The molecule has 1 aromatic heterocycles. The van der Waals surface area contributed by atoms with Crippen LogP contribution in [-0.2, 0) is 0 Å². The van der Waals surface area contributed by atoms with Gasteiger partial charge in [0.2, 0.25) is 0 Å². The number of aryl methyl sites for hydroxylation is 1. The van der Waals surface area contributed by atoms with Crippen molar-refractivity contribution in [2.75, 3.05) is 5.32 Å². The van der Waals surface area contributed by atoms with Gasteiger partial charge in [0.15, 0.2) is 0 Å². The van der Waals surface area contributed by atoms with Crippen molar-refractivity contribution in [2.45, 2.75) is 6.92 Å². The number of nitrogens with one attached hydrogen (secondary N) is 1. The van der Waals surface area contributed by atoms with Crippen molar-refractivity contribution >= 4 is 28.8 Å². The third-order valence-corrected chi connectivity index (χ3v) is 2.93. The van der Waals surface area contributed by atoms with Gasteiger partial charge >= 0.3 is 0 Å². The maximum atomic E-state index is 12.8. The number of anilines is 1. The van der Waals surface area contributed by atoms with Crippen molar-refractivity contribution < 1.29 is 9.18 Å². The van der Waals surface area contributed by atoms with Gasteiger partial charge in [-0.1, -0.05) is 24.4 Å². The Hall–Kier alpha value is -2.34. The molecule has 0 saturated heterocycles. The molecule has 0 unspecified atom stereocenters. The lowest BCUT2D eigenvalue weighted by Crippen LogP contribution is -2.19. The number of benzene rings is 1. The zero-order valence-corrected chi connectivity index (χ0v) is 11.5. The summed E-state index contributed by atoms with van der Waals surface area (Å²) in [6.07, 6.45) is 0.986. The van der Waals surface area contributed by atoms with E-state index in [0.717, 1.165) is 11.8 Å². The molecule has 0 aliphatic carbocycles. The van der Waals surface area contributed by atoms with Crippen molar-refractivity contribution in [3.8, 4) is 0 Å². The number of hydrogen-bond acceptors (Lipinski definition) is 3. The molecule has 102 valence electrons. The van der Waals surface area contributed by atoms with Crippen LogP contribution in [0, 0.1) is 12.7 Å². The van der Waals surface area contributed by atoms with Gasteiger partial charge in [0.1, 0.15) is 16.5 Å². The Kier molecular flexibility index (Phi) is 4.05. The molecule has 1 heterocycles. The zero-order chi connectivity index (χ0) is 14.7. The summed E-state index contributed by atoms with van der Waals surface area (Å²) in [5, 5.41) is 2.68. The number of hydrogen-bond donors (Lipinski definition) is 2. The van der Waals surface area contributed by atoms with Gasteiger partial charge < -0.3 is 11.1 Å². The van der Waals surface area contributed by atoms with Gasteiger partial charge in [-0.05, 0) is 30.7 Å². The fraction of sp³-hybridized carbons (Fsp3) is 0.0714. The number of pyridine rings is 1. The number of rotatable bonds is 3. The van der Waals surface area contributed by atoms with E-state index in [2.05, 4.69) is 10.3 Å². The normalized spacial score (nSPS) is 10.1. The molecule has 0 aliphatic heterocycles. The third kappa shape index (κ3) is 2.97. The Labute approximate surface area is 120 Å². The van der Waals surface area contributed by atoms with E-state index >= 15 is 0 Å². The Morgan fingerprint density at radius 3 is 2.70 bits per heavy atom. The first-order valence-electron chi connectivity index (χ1n) is 5.81. The van der Waals surface area contributed by atoms with Crippen molar-refractivity contribution in [2.24, 2.45) is 5.73 Å². The van der Waals surface area contributed by atoms with Gasteiger partial charge in [0.05, 0.1) is 11.9 Å². The highest BCUT2D eigenvalue weighted by atomic mass is 32.1. The quantitative estimate of drug-likeness (QED) is 0.852. The van der Waals surface area contributed by atoms with E-state index in [0.29, 0.717) is 11.3 Å². The second-order valence-electron chi connectivity index (χ2n) is 4.18. The van der Waals surface area contributed by atoms with Crippen LogP contribution in [0.5, 0.6) is 0 Å². The van der Waals surface area contributed by atoms with E-state index in [1.54, 1.807) is 12.1 Å². The minimum atomic E-state index is -0.499. The van der Waals surface area contributed by atoms with Crippen LogP contribution in [0.4, 0.5) is 10.1 Å². The summed E-state index contributed by atoms with van der Waals surface area (Å²) in [5.41, 5.74) is 7.76. The number of halogens is 1. The van der Waals surface area contributed by atoms with E-state index in [-0.39, 0.29) is 10.7 Å². The van der Waals surface area contributed by atoms with Crippen LogP contribution in [0.25, 0.3) is 0 Å². The molecule has 0 spiro atoms. The Balaban J connectivity index is 2.30. The molecule has 0 atom stereocenters. The number of nitrogens with zero attached hydrogens (tertiary/aromatic N) is 1. The molecule has 0 aliphatic rings. The number of nitrogens with two attached hydrogens (primary N) is 1. The predicted octanol–water partition coefficient (Wildman–Crippen LogP) is 2.42. The first kappa shape index (κ1) is 14.1. The Bertz CT molecular complexity index is 671. The first-order valence-corrected chi connectivity index (χ1v) is 6.22. The zero-order valence-electron chi connectivity index (χ0n) is 10.7. The fourth-order valence-electron chi connectivity index (χ4n) is 1.80. The summed E-state index contributed by atoms with van der Waals surface area (Å²) in [6.45, 7) is 1.85. The third-order valence-electron chi connectivity index (χ3n) is 2.73. The lowest BCUT2D eigenvalue weighted by molar-refractivity contribution is 0.102. The highest BCUT2D eigenvalue weighted by Gasteiger charge is 2.13. The molecule has 4 nitrogen and oxygen atoms in total. The first-order chi connectivity index (χ1) is 9.49. The summed E-state index contributed by atoms with van der Waals surface area (Å²) in [7, 11) is 0. The molecular formula is C14H12FN3OS. The van der Waals surface area contributed by atoms with E-state index in [1.807, 2.05) is 13.0 Å². The molecule has 0 saturated carbocycles. The second-order valence-corrected chi connectivity index (χ2v) is 4.62. The predicted molar refractivity (Wildman–Crippen MR) is 79.2 cm³/mol. The fourth-order valence-corrected chi connectivity index (χ4v) is 2.07. The number of carbonyl (C=O) groups excluding carboxylic acids is 1. The summed E-state index contributed by atoms with van der Waals surface area (Å²) in [4.78, 5) is 16.0. The average molecular weight is 289 g/mol. The van der Waals surface area contributed by atoms with Crippen LogP contribution in [-0.4, -0.2) is 15.9 Å². The number of amides is 1. The van der Waals surface area contributed by atoms with Crippen molar-refractivity contribution in [1.82, 2.24) is 4.98 Å². The van der Waals surface area contributed by atoms with Gasteiger partial charge in [-0.25, -0.2) is 9.37 Å². The Morgan fingerprint density at radius 1 is 1.35 bits per heavy atom. The van der Waals surface area contributed by atoms with Gasteiger partial charge in [0, 0.05) is 5.56 Å². The minimum Gasteiger partial charge on any atom is -0.389 e. The molecule has 2 rings (SSSR count). The molecule has 3 N–H and O–H groups in total. The van der Waals surface area contributed by atoms with Crippen LogP contribution in [0.1, 0.15) is 21.6 Å². The summed E-state index contributed by atoms with van der Waals surface area (Å²) < 4.78 is 12.8. The Morgan fingerprint density at radius 2 is 2.10 bits per heavy atom. The summed E-state index contributed by atoms with van der Waals surface area (Å²) >= 11 is 4.98. The second kappa shape index (κ2) is 5.75. The molecule has 6 heteroatoms. The maximum absolute atomic E-state index is 12.8. The van der Waals surface area contributed by atoms with Crippen molar-refractivity contribution in [1.29, 1.82) is 0 Å². The van der Waals surface area contributed by atoms with Gasteiger partial charge in [0.25, 0.3) is 5.91 Å². The SMILES string of the molecule is Cc1cccc(NC(=O)c2ccc(F)cn2)c1C(N)=S. The van der Waals surface area contributed by atoms with Gasteiger partial charge in [-0.3, -0.25) is 4.79 Å². The van der Waals surface area contributed by atoms with Crippen molar-refractivity contribution in [3.63, 3.8) is 0 Å². The minimum absolute atomic E-state index is 0.113. The van der Waals surface area contributed by atoms with Crippen LogP contribution in [0.15, 0.2) is 36.5 Å². The molecular weight excluding hydrogens is 277 g/mol. The number of thiocarbonyl (C=S) groups is 1. The van der Waals surface area contributed by atoms with Crippen LogP contribution in [0.3, 0.4) is 0 Å². The largest absolute Gasteiger partial charge is 0.389 e. The smallest absolute Gasteiger partial charge is 0.274 e. The van der Waals surface area contributed by atoms with Crippen molar-refractivity contribution in [3.05, 3.63) is 59.2 Å². The van der Waals surface area contributed by atoms with Gasteiger partial charge in [-0.2, -0.15) is 0 Å². The molecule has 0 fully saturated rings. The summed E-state index contributed by atoms with van der Waals surface area (Å²) in [6, 6.07) is 7.81. The summed E-state index contributed by atoms with van der Waals surface area (Å²) in [5.74, 6) is -0.950.